The van der Waals surface area contributed by atoms with Gasteiger partial charge in [-0.3, -0.25) is 14.2 Å². The maximum Gasteiger partial charge on any atom is 0.261 e. The van der Waals surface area contributed by atoms with Crippen LogP contribution in [-0.4, -0.2) is 15.5 Å². The average molecular weight is 492 g/mol. The van der Waals surface area contributed by atoms with Crippen molar-refractivity contribution in [3.8, 4) is 5.75 Å². The Kier molecular flexibility index (Phi) is 6.97. The second-order valence-electron chi connectivity index (χ2n) is 7.35. The van der Waals surface area contributed by atoms with Crippen molar-refractivity contribution in [2.24, 2.45) is 0 Å². The van der Waals surface area contributed by atoms with Gasteiger partial charge >= 0.3 is 0 Å². The Bertz CT molecular complexity index is 1290. The van der Waals surface area contributed by atoms with E-state index in [0.29, 0.717) is 24.1 Å². The third-order valence-corrected chi connectivity index (χ3v) is 5.50. The van der Waals surface area contributed by atoms with Crippen LogP contribution < -0.4 is 15.6 Å². The quantitative estimate of drug-likeness (QED) is 0.395. The van der Waals surface area contributed by atoms with Crippen LogP contribution in [0.4, 0.5) is 0 Å². The van der Waals surface area contributed by atoms with E-state index in [0.717, 1.165) is 21.3 Å². The molecular formula is C25H22BrN3O3. The number of aromatic nitrogens is 2. The molecule has 0 aliphatic carbocycles. The van der Waals surface area contributed by atoms with E-state index in [4.69, 9.17) is 4.74 Å². The highest BCUT2D eigenvalue weighted by atomic mass is 79.9. The summed E-state index contributed by atoms with van der Waals surface area (Å²) in [6.07, 6.45) is 1.67. The van der Waals surface area contributed by atoms with Crippen molar-refractivity contribution in [3.63, 3.8) is 0 Å². The molecule has 0 spiro atoms. The number of hydrogen-bond acceptors (Lipinski definition) is 4. The number of carbonyl (C=O) groups excluding carboxylic acids is 1. The Hall–Kier alpha value is -3.45. The maximum absolute atomic E-state index is 12.6. The van der Waals surface area contributed by atoms with E-state index in [1.54, 1.807) is 12.1 Å². The number of rotatable bonds is 8. The molecule has 3 aromatic carbocycles. The lowest BCUT2D eigenvalue weighted by atomic mass is 10.2. The predicted octanol–water partition coefficient (Wildman–Crippen LogP) is 4.44. The van der Waals surface area contributed by atoms with Crippen LogP contribution >= 0.6 is 15.9 Å². The van der Waals surface area contributed by atoms with E-state index in [1.807, 2.05) is 60.7 Å². The number of fused-ring (bicyclic) bond motifs is 1. The summed E-state index contributed by atoms with van der Waals surface area (Å²) in [5.74, 6) is 0.613. The first-order valence-corrected chi connectivity index (χ1v) is 11.0. The van der Waals surface area contributed by atoms with Crippen molar-refractivity contribution >= 4 is 32.7 Å². The number of amides is 1. The lowest BCUT2D eigenvalue weighted by molar-refractivity contribution is -0.121. The summed E-state index contributed by atoms with van der Waals surface area (Å²) in [5, 5.41) is 3.42. The highest BCUT2D eigenvalue weighted by molar-refractivity contribution is 9.10. The topological polar surface area (TPSA) is 73.2 Å². The zero-order chi connectivity index (χ0) is 22.3. The minimum atomic E-state index is -0.160. The summed E-state index contributed by atoms with van der Waals surface area (Å²) in [7, 11) is 0. The van der Waals surface area contributed by atoms with E-state index in [-0.39, 0.29) is 24.4 Å². The van der Waals surface area contributed by atoms with Crippen LogP contribution in [0.25, 0.3) is 10.9 Å². The maximum atomic E-state index is 12.6. The summed E-state index contributed by atoms with van der Waals surface area (Å²) in [4.78, 5) is 29.3. The predicted molar refractivity (Wildman–Crippen MR) is 127 cm³/mol. The Morgan fingerprint density at radius 3 is 2.66 bits per heavy atom. The minimum Gasteiger partial charge on any atom is -0.489 e. The van der Waals surface area contributed by atoms with Crippen LogP contribution in [0.15, 0.2) is 88.4 Å². The fourth-order valence-corrected chi connectivity index (χ4v) is 3.65. The normalized spacial score (nSPS) is 10.8. The van der Waals surface area contributed by atoms with Crippen molar-refractivity contribution in [2.45, 2.75) is 26.1 Å². The highest BCUT2D eigenvalue weighted by Gasteiger charge is 2.08. The van der Waals surface area contributed by atoms with Crippen molar-refractivity contribution in [3.05, 3.63) is 105 Å². The van der Waals surface area contributed by atoms with Gasteiger partial charge in [0.15, 0.2) is 0 Å². The molecule has 4 aromatic rings. The molecule has 6 nitrogen and oxygen atoms in total. The number of hydrogen-bond donors (Lipinski definition) is 1. The van der Waals surface area contributed by atoms with Crippen LogP contribution in [0.1, 0.15) is 17.5 Å². The zero-order valence-electron chi connectivity index (χ0n) is 17.3. The Morgan fingerprint density at radius 2 is 1.81 bits per heavy atom. The average Bonchev–Trinajstić information content (AvgIpc) is 2.82. The molecule has 0 atom stereocenters. The molecule has 0 fully saturated rings. The van der Waals surface area contributed by atoms with Crippen LogP contribution in [0.2, 0.25) is 0 Å². The third-order valence-electron chi connectivity index (χ3n) is 5.00. The molecule has 1 heterocycles. The van der Waals surface area contributed by atoms with Gasteiger partial charge in [-0.05, 0) is 41.5 Å². The van der Waals surface area contributed by atoms with Crippen molar-refractivity contribution in [1.82, 2.24) is 14.9 Å². The van der Waals surface area contributed by atoms with E-state index < -0.39 is 0 Å². The lowest BCUT2D eigenvalue weighted by Crippen LogP contribution is -2.27. The molecule has 1 amide bonds. The summed E-state index contributed by atoms with van der Waals surface area (Å²) in [5.41, 5.74) is 2.51. The first kappa shape index (κ1) is 21.8. The van der Waals surface area contributed by atoms with E-state index in [9.17, 15) is 9.59 Å². The fraction of sp³-hybridized carbons (Fsp3) is 0.160. The third kappa shape index (κ3) is 5.62. The SMILES string of the molecule is O=C(CCn1cnc2ccc(Br)cc2c1=O)NCc1cccc(OCc2ccccc2)c1. The van der Waals surface area contributed by atoms with Gasteiger partial charge in [0, 0.05) is 24.0 Å². The molecule has 162 valence electrons. The molecule has 1 aromatic heterocycles. The van der Waals surface area contributed by atoms with Gasteiger partial charge in [0.2, 0.25) is 5.91 Å². The van der Waals surface area contributed by atoms with Gasteiger partial charge < -0.3 is 10.1 Å². The van der Waals surface area contributed by atoms with Gasteiger partial charge in [0.1, 0.15) is 12.4 Å². The monoisotopic (exact) mass is 491 g/mol. The van der Waals surface area contributed by atoms with Gasteiger partial charge in [0.25, 0.3) is 5.56 Å². The Morgan fingerprint density at radius 1 is 1.00 bits per heavy atom. The van der Waals surface area contributed by atoms with E-state index in [2.05, 4.69) is 26.2 Å². The van der Waals surface area contributed by atoms with E-state index in [1.165, 1.54) is 10.9 Å². The number of aryl methyl sites for hydroxylation is 1. The number of benzene rings is 3. The van der Waals surface area contributed by atoms with Crippen LogP contribution in [0, 0.1) is 0 Å². The molecule has 0 aliphatic heterocycles. The van der Waals surface area contributed by atoms with Crippen molar-refractivity contribution in [2.75, 3.05) is 0 Å². The molecule has 32 heavy (non-hydrogen) atoms. The molecule has 0 saturated heterocycles. The molecule has 1 N–H and O–H groups in total. The Balaban J connectivity index is 1.30. The number of halogens is 1. The van der Waals surface area contributed by atoms with Crippen LogP contribution in [0.5, 0.6) is 5.75 Å². The molecule has 4 rings (SSSR count). The summed E-state index contributed by atoms with van der Waals surface area (Å²) >= 11 is 3.37. The smallest absolute Gasteiger partial charge is 0.261 e. The number of nitrogens with zero attached hydrogens (tertiary/aromatic N) is 2. The van der Waals surface area contributed by atoms with Gasteiger partial charge in [-0.1, -0.05) is 58.4 Å². The fourth-order valence-electron chi connectivity index (χ4n) is 3.29. The largest absolute Gasteiger partial charge is 0.489 e. The van der Waals surface area contributed by atoms with Gasteiger partial charge in [0.05, 0.1) is 17.2 Å². The molecule has 0 unspecified atom stereocenters. The molecule has 0 aliphatic rings. The molecule has 0 saturated carbocycles. The number of ether oxygens (including phenoxy) is 1. The van der Waals surface area contributed by atoms with Crippen molar-refractivity contribution < 1.29 is 9.53 Å². The van der Waals surface area contributed by atoms with E-state index >= 15 is 0 Å². The molecule has 7 heteroatoms. The van der Waals surface area contributed by atoms with Gasteiger partial charge in [-0.25, -0.2) is 4.98 Å². The molecule has 0 bridgehead atoms. The Labute approximate surface area is 194 Å². The second-order valence-corrected chi connectivity index (χ2v) is 8.27. The van der Waals surface area contributed by atoms with Gasteiger partial charge in [-0.2, -0.15) is 0 Å². The molecule has 0 radical (unpaired) electrons. The number of nitrogens with one attached hydrogen (secondary N) is 1. The minimum absolute atomic E-state index is 0.137. The summed E-state index contributed by atoms with van der Waals surface area (Å²) < 4.78 is 8.12. The standard InChI is InChI=1S/C25H22BrN3O3/c26-20-9-10-23-22(14-20)25(31)29(17-28-23)12-11-24(30)27-15-19-7-4-8-21(13-19)32-16-18-5-2-1-3-6-18/h1-10,13-14,17H,11-12,15-16H2,(H,27,30). The summed E-state index contributed by atoms with van der Waals surface area (Å²) in [6.45, 7) is 1.14. The van der Waals surface area contributed by atoms with Crippen LogP contribution in [-0.2, 0) is 24.5 Å². The van der Waals surface area contributed by atoms with Gasteiger partial charge in [-0.15, -0.1) is 0 Å². The van der Waals surface area contributed by atoms with Crippen LogP contribution in [0.3, 0.4) is 0 Å². The summed E-state index contributed by atoms with van der Waals surface area (Å²) in [6, 6.07) is 23.0. The lowest BCUT2D eigenvalue weighted by Gasteiger charge is -2.10. The molecular weight excluding hydrogens is 470 g/mol. The van der Waals surface area contributed by atoms with Crippen molar-refractivity contribution in [1.29, 1.82) is 0 Å². The first-order chi connectivity index (χ1) is 15.6. The second kappa shape index (κ2) is 10.2. The number of carbonyl (C=O) groups is 1. The zero-order valence-corrected chi connectivity index (χ0v) is 18.9. The first-order valence-electron chi connectivity index (χ1n) is 10.3. The highest BCUT2D eigenvalue weighted by Crippen LogP contribution is 2.16.